The molecule has 0 radical (unpaired) electrons. The predicted octanol–water partition coefficient (Wildman–Crippen LogP) is 7.37. The van der Waals surface area contributed by atoms with Crippen molar-refractivity contribution >= 4 is 28.6 Å². The Morgan fingerprint density at radius 3 is 2.43 bits per heavy atom. The molecule has 5 heterocycles. The van der Waals surface area contributed by atoms with Crippen LogP contribution in [-0.4, -0.2) is 76.8 Å². The monoisotopic (exact) mass is 719 g/mol. The van der Waals surface area contributed by atoms with Crippen molar-refractivity contribution in [1.29, 1.82) is 0 Å². The van der Waals surface area contributed by atoms with Crippen LogP contribution in [0.25, 0.3) is 33.4 Å². The topological polar surface area (TPSA) is 99.0 Å². The minimum absolute atomic E-state index is 0.127. The van der Waals surface area contributed by atoms with Crippen LogP contribution in [0, 0.1) is 19.7 Å². The second-order valence-corrected chi connectivity index (χ2v) is 14.8. The summed E-state index contributed by atoms with van der Waals surface area (Å²) in [7, 11) is 3.24. The molecule has 1 fully saturated rings. The lowest BCUT2D eigenvalue weighted by molar-refractivity contribution is -0.164. The first-order valence-electron chi connectivity index (χ1n) is 18.1. The molecule has 0 bridgehead atoms. The van der Waals surface area contributed by atoms with Crippen molar-refractivity contribution in [3.05, 3.63) is 94.7 Å². The maximum Gasteiger partial charge on any atom is 0.339 e. The van der Waals surface area contributed by atoms with Crippen molar-refractivity contribution in [1.82, 2.24) is 19.4 Å². The molecule has 10 nitrogen and oxygen atoms in total. The molecular formula is C42H46FN5O5. The van der Waals surface area contributed by atoms with Crippen LogP contribution < -0.4 is 9.64 Å². The zero-order valence-corrected chi connectivity index (χ0v) is 31.5. The summed E-state index contributed by atoms with van der Waals surface area (Å²) in [6.07, 6.45) is 1.95. The van der Waals surface area contributed by atoms with E-state index in [1.807, 2.05) is 87.5 Å². The van der Waals surface area contributed by atoms with E-state index in [-0.39, 0.29) is 11.7 Å². The fraction of sp³-hybridized carbons (Fsp3) is 0.381. The number of ether oxygens (including phenoxy) is 3. The van der Waals surface area contributed by atoms with Gasteiger partial charge in [0, 0.05) is 78.4 Å². The molecule has 0 unspecified atom stereocenters. The lowest BCUT2D eigenvalue weighted by atomic mass is 9.86. The lowest BCUT2D eigenvalue weighted by Gasteiger charge is -2.36. The molecule has 2 aromatic carbocycles. The number of esters is 1. The number of piperazine rings is 1. The summed E-state index contributed by atoms with van der Waals surface area (Å²) in [5.41, 5.74) is 6.95. The first-order chi connectivity index (χ1) is 25.4. The molecule has 0 N–H and O–H groups in total. The number of halogens is 1. The van der Waals surface area contributed by atoms with Crippen LogP contribution in [0.4, 0.5) is 10.1 Å². The van der Waals surface area contributed by atoms with Crippen molar-refractivity contribution in [3.63, 3.8) is 0 Å². The van der Waals surface area contributed by atoms with Crippen LogP contribution in [-0.2, 0) is 27.7 Å². The van der Waals surface area contributed by atoms with Gasteiger partial charge in [0.2, 0.25) is 0 Å². The van der Waals surface area contributed by atoms with E-state index < -0.39 is 23.5 Å². The molecule has 276 valence electrons. The van der Waals surface area contributed by atoms with Crippen LogP contribution in [0.1, 0.15) is 66.2 Å². The summed E-state index contributed by atoms with van der Waals surface area (Å²) in [4.78, 5) is 41.0. The number of methoxy groups -OCH3 is 1. The van der Waals surface area contributed by atoms with E-state index in [2.05, 4.69) is 22.0 Å². The highest BCUT2D eigenvalue weighted by Gasteiger charge is 2.35. The van der Waals surface area contributed by atoms with Gasteiger partial charge < -0.3 is 28.6 Å². The van der Waals surface area contributed by atoms with E-state index in [0.717, 1.165) is 47.6 Å². The second-order valence-electron chi connectivity index (χ2n) is 14.8. The number of nitrogens with zero attached hydrogens (tertiary/aromatic N) is 5. The summed E-state index contributed by atoms with van der Waals surface area (Å²) >= 11 is 0. The number of aromatic nitrogens is 3. The van der Waals surface area contributed by atoms with Gasteiger partial charge in [0.15, 0.2) is 17.7 Å². The largest absolute Gasteiger partial charge is 0.490 e. The van der Waals surface area contributed by atoms with Gasteiger partial charge in [-0.05, 0) is 95.0 Å². The third kappa shape index (κ3) is 6.85. The molecule has 0 saturated carbocycles. The number of amides is 1. The quantitative estimate of drug-likeness (QED) is 0.161. The Labute approximate surface area is 309 Å². The van der Waals surface area contributed by atoms with Crippen molar-refractivity contribution in [2.75, 3.05) is 44.8 Å². The average molecular weight is 720 g/mol. The maximum absolute atomic E-state index is 15.9. The predicted molar refractivity (Wildman–Crippen MR) is 203 cm³/mol. The molecule has 3 aromatic heterocycles. The van der Waals surface area contributed by atoms with E-state index in [9.17, 15) is 9.59 Å². The van der Waals surface area contributed by atoms with Gasteiger partial charge in [-0.3, -0.25) is 9.78 Å². The van der Waals surface area contributed by atoms with E-state index in [4.69, 9.17) is 19.2 Å². The Hall–Kier alpha value is -5.29. The number of hydrogen-bond donors (Lipinski definition) is 0. The number of fused-ring (bicyclic) bond motifs is 2. The number of para-hydroxylation sites is 1. The second kappa shape index (κ2) is 14.3. The Kier molecular flexibility index (Phi) is 9.71. The first kappa shape index (κ1) is 36.1. The SMILES string of the molecule is COC(=O)[C@@H](OC(C)(C)C)c1c(C)nc2c(cc(-c3ccnc(C(=O)N4CCN(c5ccccc5)CC4)c3)n2C)c1-c1cc(F)c2c(c1C)CCCO2. The summed E-state index contributed by atoms with van der Waals surface area (Å²) < 4.78 is 35.4. The molecule has 2 aliphatic heterocycles. The molecule has 1 atom stereocenters. The van der Waals surface area contributed by atoms with Gasteiger partial charge in [-0.15, -0.1) is 0 Å². The minimum atomic E-state index is -1.14. The standard InChI is InChI=1S/C42H46FN5O5/c1-25-29-14-11-21-52-37(29)32(43)23-30(25)36-31-24-34(46(6)39(31)45-26(2)35(36)38(41(50)51-7)53-42(3,4)5)27-15-16-44-33(22-27)40(49)48-19-17-47(18-20-48)28-12-9-8-10-13-28/h8-10,12-13,15-16,22-24,38H,11,14,17-21H2,1-7H3/t38-/m0/s1. The summed E-state index contributed by atoms with van der Waals surface area (Å²) in [6.45, 7) is 12.5. The number of carbonyl (C=O) groups is 2. The molecular weight excluding hydrogens is 673 g/mol. The smallest absolute Gasteiger partial charge is 0.339 e. The van der Waals surface area contributed by atoms with E-state index in [1.165, 1.54) is 13.2 Å². The number of aryl methyl sites for hydroxylation is 2. The van der Waals surface area contributed by atoms with Crippen LogP contribution in [0.3, 0.4) is 0 Å². The number of rotatable bonds is 7. The third-order valence-corrected chi connectivity index (χ3v) is 10.2. The van der Waals surface area contributed by atoms with Crippen LogP contribution in [0.2, 0.25) is 0 Å². The van der Waals surface area contributed by atoms with Gasteiger partial charge in [0.1, 0.15) is 11.3 Å². The van der Waals surface area contributed by atoms with Crippen molar-refractivity contribution < 1.29 is 28.2 Å². The Morgan fingerprint density at radius 2 is 1.74 bits per heavy atom. The number of hydrogen-bond acceptors (Lipinski definition) is 8. The number of benzene rings is 2. The van der Waals surface area contributed by atoms with Gasteiger partial charge >= 0.3 is 5.97 Å². The lowest BCUT2D eigenvalue weighted by Crippen LogP contribution is -2.49. The van der Waals surface area contributed by atoms with Gasteiger partial charge in [-0.2, -0.15) is 0 Å². The fourth-order valence-corrected chi connectivity index (χ4v) is 7.62. The summed E-state index contributed by atoms with van der Waals surface area (Å²) in [5, 5.41) is 0.704. The Morgan fingerprint density at radius 1 is 1.00 bits per heavy atom. The molecule has 1 saturated heterocycles. The molecule has 0 aliphatic carbocycles. The van der Waals surface area contributed by atoms with E-state index >= 15 is 4.39 Å². The highest BCUT2D eigenvalue weighted by Crippen LogP contribution is 2.45. The molecule has 53 heavy (non-hydrogen) atoms. The van der Waals surface area contributed by atoms with Crippen LogP contribution >= 0.6 is 0 Å². The summed E-state index contributed by atoms with van der Waals surface area (Å²) in [5.74, 6) is -0.889. The maximum atomic E-state index is 15.9. The molecule has 0 spiro atoms. The van der Waals surface area contributed by atoms with Crippen LogP contribution in [0.15, 0.2) is 60.8 Å². The Bertz CT molecular complexity index is 2200. The van der Waals surface area contributed by atoms with Gasteiger partial charge in [0.05, 0.1) is 25.0 Å². The van der Waals surface area contributed by atoms with Crippen LogP contribution in [0.5, 0.6) is 5.75 Å². The van der Waals surface area contributed by atoms with Gasteiger partial charge in [-0.1, -0.05) is 18.2 Å². The van der Waals surface area contributed by atoms with E-state index in [0.29, 0.717) is 65.2 Å². The van der Waals surface area contributed by atoms with Crippen molar-refractivity contribution in [2.45, 2.75) is 59.2 Å². The number of anilines is 1. The zero-order valence-electron chi connectivity index (χ0n) is 31.5. The number of carbonyl (C=O) groups excluding carboxylic acids is 2. The highest BCUT2D eigenvalue weighted by molar-refractivity contribution is 6.02. The van der Waals surface area contributed by atoms with Crippen molar-refractivity contribution in [2.24, 2.45) is 7.05 Å². The fourth-order valence-electron chi connectivity index (χ4n) is 7.62. The van der Waals surface area contributed by atoms with Gasteiger partial charge in [-0.25, -0.2) is 14.2 Å². The van der Waals surface area contributed by atoms with E-state index in [1.54, 1.807) is 6.20 Å². The third-order valence-electron chi connectivity index (χ3n) is 10.2. The summed E-state index contributed by atoms with van der Waals surface area (Å²) in [6, 6.07) is 17.4. The molecule has 2 aliphatic rings. The molecule has 5 aromatic rings. The highest BCUT2D eigenvalue weighted by atomic mass is 19.1. The Balaban J connectivity index is 1.35. The first-order valence-corrected chi connectivity index (χ1v) is 18.1. The molecule has 7 rings (SSSR count). The molecule has 1 amide bonds. The zero-order chi connectivity index (χ0) is 37.6. The molecule has 11 heteroatoms. The number of pyridine rings is 2. The normalized spacial score (nSPS) is 15.2. The van der Waals surface area contributed by atoms with Crippen molar-refractivity contribution in [3.8, 4) is 28.1 Å². The average Bonchev–Trinajstić information content (AvgIpc) is 3.49. The van der Waals surface area contributed by atoms with Gasteiger partial charge in [0.25, 0.3) is 5.91 Å². The minimum Gasteiger partial charge on any atom is -0.490 e.